The SMILES string of the molecule is CCNC(=NCCCC(=O)OC1CCCC1)N1CCC2(CCOC2)C1.I. The number of nitrogens with zero attached hydrogens (tertiary/aromatic N) is 2. The Hall–Kier alpha value is -0.570. The molecule has 3 rings (SSSR count). The number of guanidine groups is 1. The van der Waals surface area contributed by atoms with E-state index < -0.39 is 0 Å². The highest BCUT2D eigenvalue weighted by Crippen LogP contribution is 2.38. The zero-order chi connectivity index (χ0) is 17.5. The maximum atomic E-state index is 11.9. The van der Waals surface area contributed by atoms with Crippen LogP contribution in [0.2, 0.25) is 0 Å². The number of hydrogen-bond acceptors (Lipinski definition) is 4. The molecule has 0 bridgehead atoms. The fourth-order valence-corrected chi connectivity index (χ4v) is 4.17. The largest absolute Gasteiger partial charge is 0.462 e. The molecule has 1 N–H and O–H groups in total. The molecule has 0 radical (unpaired) electrons. The standard InChI is InChI=1S/C19H33N3O3.HI/c1-2-20-18(22-12-9-19(14-22)10-13-24-15-19)21-11-5-8-17(23)25-16-6-3-4-7-16;/h16H,2-15H2,1H3,(H,20,21);1H. The van der Waals surface area contributed by atoms with Crippen LogP contribution in [0.5, 0.6) is 0 Å². The predicted molar refractivity (Wildman–Crippen MR) is 113 cm³/mol. The van der Waals surface area contributed by atoms with Crippen molar-refractivity contribution in [3.8, 4) is 0 Å². The molecule has 1 aliphatic carbocycles. The van der Waals surface area contributed by atoms with Crippen molar-refractivity contribution in [2.24, 2.45) is 10.4 Å². The number of carbonyl (C=O) groups excluding carboxylic acids is 1. The smallest absolute Gasteiger partial charge is 0.306 e. The summed E-state index contributed by atoms with van der Waals surface area (Å²) >= 11 is 0. The number of esters is 1. The molecule has 0 aromatic heterocycles. The van der Waals surface area contributed by atoms with Crippen LogP contribution in [0.25, 0.3) is 0 Å². The van der Waals surface area contributed by atoms with Crippen molar-refractivity contribution >= 4 is 35.9 Å². The summed E-state index contributed by atoms with van der Waals surface area (Å²) in [5.41, 5.74) is 0.335. The van der Waals surface area contributed by atoms with Crippen LogP contribution >= 0.6 is 24.0 Å². The molecule has 2 aliphatic heterocycles. The number of aliphatic imine (C=N–C) groups is 1. The summed E-state index contributed by atoms with van der Waals surface area (Å²) in [7, 11) is 0. The third-order valence-corrected chi connectivity index (χ3v) is 5.66. The molecule has 1 atom stereocenters. The second-order valence-corrected chi connectivity index (χ2v) is 7.71. The molecule has 0 amide bonds. The summed E-state index contributed by atoms with van der Waals surface area (Å²) in [6, 6.07) is 0. The van der Waals surface area contributed by atoms with Gasteiger partial charge in [-0.15, -0.1) is 24.0 Å². The monoisotopic (exact) mass is 479 g/mol. The number of ether oxygens (including phenoxy) is 2. The molecule has 0 aromatic rings. The minimum absolute atomic E-state index is 0. The van der Waals surface area contributed by atoms with Crippen LogP contribution in [-0.2, 0) is 14.3 Å². The van der Waals surface area contributed by atoms with Crippen LogP contribution in [-0.4, -0.2) is 62.3 Å². The van der Waals surface area contributed by atoms with E-state index in [0.717, 1.165) is 64.5 Å². The average molecular weight is 479 g/mol. The van der Waals surface area contributed by atoms with Crippen molar-refractivity contribution < 1.29 is 14.3 Å². The van der Waals surface area contributed by atoms with Crippen molar-refractivity contribution in [3.05, 3.63) is 0 Å². The van der Waals surface area contributed by atoms with Crippen LogP contribution in [0, 0.1) is 5.41 Å². The van der Waals surface area contributed by atoms with Gasteiger partial charge in [0.05, 0.1) is 6.61 Å². The Morgan fingerprint density at radius 2 is 2.15 bits per heavy atom. The molecule has 2 heterocycles. The maximum absolute atomic E-state index is 11.9. The van der Waals surface area contributed by atoms with Crippen molar-refractivity contribution in [2.75, 3.05) is 39.4 Å². The van der Waals surface area contributed by atoms with E-state index in [1.165, 1.54) is 19.3 Å². The average Bonchev–Trinajstić information content (AvgIpc) is 3.35. The first-order chi connectivity index (χ1) is 12.2. The van der Waals surface area contributed by atoms with Crippen LogP contribution in [0.3, 0.4) is 0 Å². The Labute approximate surface area is 174 Å². The molecule has 6 nitrogen and oxygen atoms in total. The zero-order valence-electron chi connectivity index (χ0n) is 16.0. The van der Waals surface area contributed by atoms with Gasteiger partial charge in [-0.3, -0.25) is 9.79 Å². The van der Waals surface area contributed by atoms with E-state index >= 15 is 0 Å². The molecule has 0 aromatic carbocycles. The topological polar surface area (TPSA) is 63.2 Å². The minimum Gasteiger partial charge on any atom is -0.462 e. The Morgan fingerprint density at radius 3 is 2.85 bits per heavy atom. The van der Waals surface area contributed by atoms with Gasteiger partial charge in [0, 0.05) is 44.6 Å². The molecular formula is C19H34IN3O3. The second kappa shape index (κ2) is 10.7. The van der Waals surface area contributed by atoms with E-state index in [4.69, 9.17) is 14.5 Å². The van der Waals surface area contributed by atoms with Gasteiger partial charge in [-0.25, -0.2) is 0 Å². The molecule has 26 heavy (non-hydrogen) atoms. The Kier molecular flexibility index (Phi) is 8.93. The highest BCUT2D eigenvalue weighted by molar-refractivity contribution is 14.0. The number of nitrogens with one attached hydrogen (secondary N) is 1. The van der Waals surface area contributed by atoms with Gasteiger partial charge in [-0.2, -0.15) is 0 Å². The van der Waals surface area contributed by atoms with Crippen LogP contribution in [0.1, 0.15) is 58.3 Å². The van der Waals surface area contributed by atoms with Gasteiger partial charge >= 0.3 is 5.97 Å². The van der Waals surface area contributed by atoms with Crippen LogP contribution in [0.15, 0.2) is 4.99 Å². The van der Waals surface area contributed by atoms with E-state index in [-0.39, 0.29) is 36.0 Å². The zero-order valence-corrected chi connectivity index (χ0v) is 18.3. The summed E-state index contributed by atoms with van der Waals surface area (Å²) in [4.78, 5) is 19.0. The molecule has 1 spiro atoms. The number of carbonyl (C=O) groups is 1. The third kappa shape index (κ3) is 5.97. The summed E-state index contributed by atoms with van der Waals surface area (Å²) in [5.74, 6) is 0.922. The van der Waals surface area contributed by atoms with E-state index in [0.29, 0.717) is 18.4 Å². The molecule has 7 heteroatoms. The lowest BCUT2D eigenvalue weighted by Gasteiger charge is -2.25. The van der Waals surface area contributed by atoms with E-state index in [2.05, 4.69) is 17.1 Å². The molecule has 2 saturated heterocycles. The predicted octanol–water partition coefficient (Wildman–Crippen LogP) is 2.95. The number of likely N-dealkylation sites (tertiary alicyclic amines) is 1. The fourth-order valence-electron chi connectivity index (χ4n) is 4.17. The van der Waals surface area contributed by atoms with Crippen molar-refractivity contribution in [1.29, 1.82) is 0 Å². The lowest BCUT2D eigenvalue weighted by atomic mass is 9.87. The summed E-state index contributed by atoms with van der Waals surface area (Å²) in [6.07, 6.45) is 8.19. The van der Waals surface area contributed by atoms with E-state index in [1.54, 1.807) is 0 Å². The maximum Gasteiger partial charge on any atom is 0.306 e. The van der Waals surface area contributed by atoms with E-state index in [9.17, 15) is 4.79 Å². The Morgan fingerprint density at radius 1 is 1.35 bits per heavy atom. The highest BCUT2D eigenvalue weighted by Gasteiger charge is 2.42. The lowest BCUT2D eigenvalue weighted by Crippen LogP contribution is -2.41. The normalized spacial score (nSPS) is 26.3. The van der Waals surface area contributed by atoms with Gasteiger partial charge in [0.15, 0.2) is 5.96 Å². The first-order valence-corrected chi connectivity index (χ1v) is 10.0. The first-order valence-electron chi connectivity index (χ1n) is 10.0. The molecule has 3 fully saturated rings. The minimum atomic E-state index is -0.0599. The van der Waals surface area contributed by atoms with Crippen LogP contribution < -0.4 is 5.32 Å². The van der Waals surface area contributed by atoms with Crippen molar-refractivity contribution in [1.82, 2.24) is 10.2 Å². The molecule has 150 valence electrons. The molecule has 3 aliphatic rings. The quantitative estimate of drug-likeness (QED) is 0.209. The Bertz CT molecular complexity index is 475. The number of rotatable bonds is 6. The lowest BCUT2D eigenvalue weighted by molar-refractivity contribution is -0.148. The van der Waals surface area contributed by atoms with Gasteiger partial charge in [0.25, 0.3) is 0 Å². The van der Waals surface area contributed by atoms with Gasteiger partial charge in [0.2, 0.25) is 0 Å². The number of halogens is 1. The first kappa shape index (κ1) is 21.7. The molecule has 1 saturated carbocycles. The fraction of sp³-hybridized carbons (Fsp3) is 0.895. The van der Waals surface area contributed by atoms with E-state index in [1.807, 2.05) is 0 Å². The summed E-state index contributed by atoms with van der Waals surface area (Å²) < 4.78 is 11.1. The van der Waals surface area contributed by atoms with Crippen molar-refractivity contribution in [3.63, 3.8) is 0 Å². The summed E-state index contributed by atoms with van der Waals surface area (Å²) in [5, 5.41) is 3.40. The van der Waals surface area contributed by atoms with Gasteiger partial charge in [-0.05, 0) is 51.9 Å². The van der Waals surface area contributed by atoms with Gasteiger partial charge in [0.1, 0.15) is 6.10 Å². The number of hydrogen-bond donors (Lipinski definition) is 1. The molecule has 1 unspecified atom stereocenters. The highest BCUT2D eigenvalue weighted by atomic mass is 127. The Balaban J connectivity index is 0.00000243. The third-order valence-electron chi connectivity index (χ3n) is 5.66. The molecular weight excluding hydrogens is 445 g/mol. The second-order valence-electron chi connectivity index (χ2n) is 7.71. The van der Waals surface area contributed by atoms with Gasteiger partial charge in [-0.1, -0.05) is 0 Å². The van der Waals surface area contributed by atoms with Crippen molar-refractivity contribution in [2.45, 2.75) is 64.4 Å². The van der Waals surface area contributed by atoms with Gasteiger partial charge < -0.3 is 19.7 Å². The summed E-state index contributed by atoms with van der Waals surface area (Å²) in [6.45, 7) is 7.48. The van der Waals surface area contributed by atoms with Crippen LogP contribution in [0.4, 0.5) is 0 Å².